The van der Waals surface area contributed by atoms with Gasteiger partial charge in [-0.25, -0.2) is 4.98 Å². The van der Waals surface area contributed by atoms with Gasteiger partial charge >= 0.3 is 18.1 Å². The Bertz CT molecular complexity index is 550. The Morgan fingerprint density at radius 2 is 1.55 bits per heavy atom. The molecule has 2 rings (SSSR count). The monoisotopic (exact) mass is 298 g/mol. The van der Waals surface area contributed by atoms with Crippen LogP contribution in [0, 0.1) is 6.92 Å². The summed E-state index contributed by atoms with van der Waals surface area (Å²) >= 11 is 0. The number of hydrogen-bond donors (Lipinski definition) is 1. The Labute approximate surface area is 108 Å². The van der Waals surface area contributed by atoms with Crippen molar-refractivity contribution in [1.82, 2.24) is 9.97 Å². The summed E-state index contributed by atoms with van der Waals surface area (Å²) in [5.41, 5.74) is 2.15. The first-order valence-electron chi connectivity index (χ1n) is 5.11. The predicted molar refractivity (Wildman–Crippen MR) is 57.9 cm³/mol. The topological polar surface area (TPSA) is 45.8 Å². The second-order valence-corrected chi connectivity index (χ2v) is 3.66. The summed E-state index contributed by atoms with van der Waals surface area (Å²) in [6.07, 6.45) is -11.6. The maximum atomic E-state index is 10.9. The number of aromatic amines is 1. The Morgan fingerprint density at radius 3 is 1.95 bits per heavy atom. The number of alkyl halides is 6. The molecule has 0 saturated heterocycles. The number of nitrogens with zero attached hydrogens (tertiary/aromatic N) is 1. The lowest BCUT2D eigenvalue weighted by Gasteiger charge is -2.06. The fourth-order valence-electron chi connectivity index (χ4n) is 1.24. The third-order valence-electron chi connectivity index (χ3n) is 2.02. The van der Waals surface area contributed by atoms with Crippen molar-refractivity contribution < 1.29 is 31.1 Å². The number of imidazole rings is 1. The highest BCUT2D eigenvalue weighted by atomic mass is 19.4. The number of carbonyl (C=O) groups excluding carboxylic acids is 1. The Morgan fingerprint density at radius 1 is 1.05 bits per heavy atom. The van der Waals surface area contributed by atoms with Crippen molar-refractivity contribution in [3.8, 4) is 0 Å². The van der Waals surface area contributed by atoms with E-state index in [1.165, 1.54) is 0 Å². The van der Waals surface area contributed by atoms with Crippen molar-refractivity contribution in [3.63, 3.8) is 0 Å². The van der Waals surface area contributed by atoms with Gasteiger partial charge in [-0.05, 0) is 19.1 Å². The molecular weight excluding hydrogens is 290 g/mol. The summed E-state index contributed by atoms with van der Waals surface area (Å²) in [6.45, 7) is 1.96. The van der Waals surface area contributed by atoms with Crippen LogP contribution >= 0.6 is 0 Å². The van der Waals surface area contributed by atoms with Crippen molar-refractivity contribution in [2.75, 3.05) is 0 Å². The molecule has 1 aromatic carbocycles. The predicted octanol–water partition coefficient (Wildman–Crippen LogP) is 3.55. The third kappa shape index (κ3) is 4.25. The molecule has 0 radical (unpaired) electrons. The number of carbonyl (C=O) groups is 1. The number of aryl methyl sites for hydroxylation is 1. The van der Waals surface area contributed by atoms with Crippen LogP contribution in [0.1, 0.15) is 5.82 Å². The number of H-pyrrole nitrogens is 1. The molecule has 0 amide bonds. The largest absolute Gasteiger partial charge is 0.459 e. The van der Waals surface area contributed by atoms with Gasteiger partial charge in [-0.3, -0.25) is 4.79 Å². The minimum Gasteiger partial charge on any atom is -0.342 e. The lowest BCUT2D eigenvalue weighted by atomic mass is 10.3. The van der Waals surface area contributed by atoms with Crippen LogP contribution in [-0.2, 0) is 4.79 Å². The highest BCUT2D eigenvalue weighted by Crippen LogP contribution is 2.28. The maximum absolute atomic E-state index is 10.9. The van der Waals surface area contributed by atoms with Crippen LogP contribution in [0.2, 0.25) is 0 Å². The highest BCUT2D eigenvalue weighted by Gasteiger charge is 2.55. The van der Waals surface area contributed by atoms with Crippen molar-refractivity contribution in [3.05, 3.63) is 30.1 Å². The van der Waals surface area contributed by atoms with Crippen LogP contribution in [-0.4, -0.2) is 28.1 Å². The van der Waals surface area contributed by atoms with Gasteiger partial charge < -0.3 is 4.98 Å². The van der Waals surface area contributed by atoms with Gasteiger partial charge in [-0.1, -0.05) is 12.1 Å². The van der Waals surface area contributed by atoms with E-state index in [2.05, 4.69) is 9.97 Å². The molecule has 3 nitrogen and oxygen atoms in total. The second-order valence-electron chi connectivity index (χ2n) is 3.66. The number of Topliss-reactive ketones (excluding diaryl/α,β-unsaturated/α-hetero) is 1. The van der Waals surface area contributed by atoms with Gasteiger partial charge in [-0.2, -0.15) is 26.3 Å². The Balaban J connectivity index is 0.000000200. The summed E-state index contributed by atoms with van der Waals surface area (Å²) in [5, 5.41) is 0. The molecule has 0 aliphatic carbocycles. The minimum atomic E-state index is -5.82. The van der Waals surface area contributed by atoms with E-state index < -0.39 is 18.1 Å². The molecule has 2 aromatic rings. The van der Waals surface area contributed by atoms with Crippen molar-refractivity contribution in [2.45, 2.75) is 19.3 Å². The molecule has 0 fully saturated rings. The van der Waals surface area contributed by atoms with E-state index in [-0.39, 0.29) is 0 Å². The molecule has 0 aliphatic heterocycles. The number of nitrogens with one attached hydrogen (secondary N) is 1. The molecule has 0 atom stereocenters. The number of ketones is 1. The zero-order chi connectivity index (χ0) is 15.6. The maximum Gasteiger partial charge on any atom is 0.459 e. The van der Waals surface area contributed by atoms with Crippen molar-refractivity contribution in [2.24, 2.45) is 0 Å². The van der Waals surface area contributed by atoms with Crippen molar-refractivity contribution >= 4 is 16.8 Å². The molecule has 1 aromatic heterocycles. The van der Waals surface area contributed by atoms with E-state index in [0.29, 0.717) is 0 Å². The van der Waals surface area contributed by atoms with Gasteiger partial charge in [0, 0.05) is 0 Å². The number of hydrogen-bond acceptors (Lipinski definition) is 2. The fraction of sp³-hybridized carbons (Fsp3) is 0.273. The second kappa shape index (κ2) is 5.51. The van der Waals surface area contributed by atoms with E-state index >= 15 is 0 Å². The summed E-state index contributed by atoms with van der Waals surface area (Å²) in [6, 6.07) is 8.01. The third-order valence-corrected chi connectivity index (χ3v) is 2.02. The first kappa shape index (κ1) is 16.0. The summed E-state index contributed by atoms with van der Waals surface area (Å²) in [5.74, 6) is -2.71. The van der Waals surface area contributed by atoms with Gasteiger partial charge in [0.05, 0.1) is 11.0 Å². The zero-order valence-electron chi connectivity index (χ0n) is 9.93. The fourth-order valence-corrected chi connectivity index (χ4v) is 1.24. The average Bonchev–Trinajstić information content (AvgIpc) is 2.66. The van der Waals surface area contributed by atoms with Crippen molar-refractivity contribution in [1.29, 1.82) is 0 Å². The van der Waals surface area contributed by atoms with Crippen LogP contribution in [0.25, 0.3) is 11.0 Å². The van der Waals surface area contributed by atoms with Crippen LogP contribution < -0.4 is 0 Å². The van der Waals surface area contributed by atoms with Gasteiger partial charge in [0.25, 0.3) is 0 Å². The number of fused-ring (bicyclic) bond motifs is 1. The SMILES string of the molecule is Cc1nc2ccccc2[nH]1.O=C(C(F)(F)F)C(F)(F)F. The molecule has 110 valence electrons. The van der Waals surface area contributed by atoms with E-state index in [9.17, 15) is 31.1 Å². The standard InChI is InChI=1S/C8H8N2.C3F6O/c1-6-9-7-4-2-3-5-8(7)10-6;4-2(5,6)1(10)3(7,8)9/h2-5H,1H3,(H,9,10);. The average molecular weight is 298 g/mol. The normalized spacial score (nSPS) is 11.9. The number of rotatable bonds is 0. The number of aromatic nitrogens is 2. The first-order chi connectivity index (χ1) is 9.01. The minimum absolute atomic E-state index is 0.973. The van der Waals surface area contributed by atoms with E-state index in [1.54, 1.807) is 0 Å². The molecule has 0 aliphatic rings. The molecule has 0 unspecified atom stereocenters. The highest BCUT2D eigenvalue weighted by molar-refractivity contribution is 5.89. The summed E-state index contributed by atoms with van der Waals surface area (Å²) in [7, 11) is 0. The van der Waals surface area contributed by atoms with Crippen LogP contribution in [0.3, 0.4) is 0 Å². The van der Waals surface area contributed by atoms with Crippen LogP contribution in [0.4, 0.5) is 26.3 Å². The molecule has 1 heterocycles. The molecule has 20 heavy (non-hydrogen) atoms. The molecule has 0 saturated carbocycles. The van der Waals surface area contributed by atoms with Gasteiger partial charge in [-0.15, -0.1) is 0 Å². The number of benzene rings is 1. The number of para-hydroxylation sites is 2. The zero-order valence-corrected chi connectivity index (χ0v) is 9.93. The van der Waals surface area contributed by atoms with Gasteiger partial charge in [0.15, 0.2) is 0 Å². The van der Waals surface area contributed by atoms with E-state index in [1.807, 2.05) is 31.2 Å². The molecule has 9 heteroatoms. The quantitative estimate of drug-likeness (QED) is 0.756. The lowest BCUT2D eigenvalue weighted by Crippen LogP contribution is -2.36. The molecular formula is C11H8F6N2O. The number of halogens is 6. The molecule has 0 spiro atoms. The first-order valence-corrected chi connectivity index (χ1v) is 5.11. The molecule has 1 N–H and O–H groups in total. The summed E-state index contributed by atoms with van der Waals surface area (Å²) in [4.78, 5) is 16.6. The van der Waals surface area contributed by atoms with E-state index in [4.69, 9.17) is 0 Å². The summed E-state index contributed by atoms with van der Waals surface area (Å²) < 4.78 is 65.3. The van der Waals surface area contributed by atoms with Gasteiger partial charge in [0.2, 0.25) is 0 Å². The smallest absolute Gasteiger partial charge is 0.342 e. The van der Waals surface area contributed by atoms with Crippen LogP contribution in [0.15, 0.2) is 24.3 Å². The van der Waals surface area contributed by atoms with Crippen LogP contribution in [0.5, 0.6) is 0 Å². The lowest BCUT2D eigenvalue weighted by molar-refractivity contribution is -0.217. The van der Waals surface area contributed by atoms with Gasteiger partial charge in [0.1, 0.15) is 5.82 Å². The Hall–Kier alpha value is -2.06. The molecule has 0 bridgehead atoms. The Kier molecular flexibility index (Phi) is 4.41. The van der Waals surface area contributed by atoms with E-state index in [0.717, 1.165) is 16.9 Å².